The molecule has 0 spiro atoms. The van der Waals surface area contributed by atoms with Crippen LogP contribution in [0.3, 0.4) is 0 Å². The highest BCUT2D eigenvalue weighted by Crippen LogP contribution is 2.03. The summed E-state index contributed by atoms with van der Waals surface area (Å²) < 4.78 is 0. The molecule has 0 rings (SSSR count). The Morgan fingerprint density at radius 1 is 1.39 bits per heavy atom. The van der Waals surface area contributed by atoms with E-state index in [0.29, 0.717) is 25.3 Å². The van der Waals surface area contributed by atoms with Gasteiger partial charge in [0.1, 0.15) is 6.29 Å². The number of thiocarbonyl (C=S) groups is 1. The van der Waals surface area contributed by atoms with E-state index in [1.165, 1.54) is 0 Å². The molecular formula is C12H23N3O2S. The predicted octanol–water partition coefficient (Wildman–Crippen LogP) is 0.720. The Labute approximate surface area is 114 Å². The third-order valence-electron chi connectivity index (χ3n) is 2.45. The molecule has 6 heteroatoms. The van der Waals surface area contributed by atoms with E-state index < -0.39 is 6.04 Å². The number of nitrogens with two attached hydrogens (primary N) is 1. The van der Waals surface area contributed by atoms with Crippen molar-refractivity contribution < 1.29 is 9.59 Å². The van der Waals surface area contributed by atoms with E-state index in [1.54, 1.807) is 0 Å². The Morgan fingerprint density at radius 3 is 2.56 bits per heavy atom. The van der Waals surface area contributed by atoms with E-state index >= 15 is 0 Å². The quantitative estimate of drug-likeness (QED) is 0.327. The molecule has 0 saturated heterocycles. The maximum absolute atomic E-state index is 11.5. The van der Waals surface area contributed by atoms with Crippen LogP contribution in [0.15, 0.2) is 0 Å². The third-order valence-corrected chi connectivity index (χ3v) is 2.59. The van der Waals surface area contributed by atoms with Gasteiger partial charge in [-0.1, -0.05) is 13.8 Å². The maximum Gasteiger partial charge on any atom is 0.220 e. The number of hydrogen-bond donors (Lipinski definition) is 3. The maximum atomic E-state index is 11.5. The number of nitrogens with one attached hydrogen (secondary N) is 2. The van der Waals surface area contributed by atoms with Crippen molar-refractivity contribution in [2.75, 3.05) is 6.54 Å². The van der Waals surface area contributed by atoms with Crippen molar-refractivity contribution in [1.29, 1.82) is 0 Å². The summed E-state index contributed by atoms with van der Waals surface area (Å²) in [5.74, 6) is 0.420. The Hall–Kier alpha value is -1.17. The van der Waals surface area contributed by atoms with E-state index in [9.17, 15) is 9.59 Å². The molecule has 0 aromatic heterocycles. The minimum Gasteiger partial charge on any atom is -0.376 e. The molecule has 5 nitrogen and oxygen atoms in total. The van der Waals surface area contributed by atoms with Crippen molar-refractivity contribution in [3.63, 3.8) is 0 Å². The first-order valence-electron chi connectivity index (χ1n) is 6.23. The number of carbonyl (C=O) groups excluding carboxylic acids is 2. The fraction of sp³-hybridized carbons (Fsp3) is 0.750. The molecule has 1 amide bonds. The van der Waals surface area contributed by atoms with Gasteiger partial charge in [0.2, 0.25) is 5.91 Å². The highest BCUT2D eigenvalue weighted by molar-refractivity contribution is 7.80. The molecular weight excluding hydrogens is 250 g/mol. The second kappa shape index (κ2) is 9.82. The van der Waals surface area contributed by atoms with Crippen LogP contribution < -0.4 is 16.4 Å². The lowest BCUT2D eigenvalue weighted by atomic mass is 10.1. The van der Waals surface area contributed by atoms with Crippen LogP contribution in [0, 0.1) is 5.92 Å². The molecule has 0 aliphatic carbocycles. The highest BCUT2D eigenvalue weighted by Gasteiger charge is 2.11. The molecule has 0 saturated carbocycles. The Balaban J connectivity index is 3.78. The number of aldehydes is 1. The predicted molar refractivity (Wildman–Crippen MR) is 76.1 cm³/mol. The number of rotatable bonds is 9. The lowest BCUT2D eigenvalue weighted by Crippen LogP contribution is -2.37. The second-order valence-electron chi connectivity index (χ2n) is 4.68. The van der Waals surface area contributed by atoms with Crippen LogP contribution in [0.2, 0.25) is 0 Å². The lowest BCUT2D eigenvalue weighted by Gasteiger charge is -2.13. The van der Waals surface area contributed by atoms with Gasteiger partial charge in [0.05, 0.1) is 6.04 Å². The smallest absolute Gasteiger partial charge is 0.220 e. The van der Waals surface area contributed by atoms with Gasteiger partial charge >= 0.3 is 0 Å². The summed E-state index contributed by atoms with van der Waals surface area (Å²) in [4.78, 5) is 22.4. The van der Waals surface area contributed by atoms with Crippen molar-refractivity contribution in [2.45, 2.75) is 45.6 Å². The van der Waals surface area contributed by atoms with Gasteiger partial charge < -0.3 is 21.2 Å². The van der Waals surface area contributed by atoms with Crippen molar-refractivity contribution in [1.82, 2.24) is 10.6 Å². The molecule has 0 fully saturated rings. The zero-order valence-corrected chi connectivity index (χ0v) is 11.9. The van der Waals surface area contributed by atoms with E-state index in [1.807, 2.05) is 0 Å². The molecule has 0 aromatic carbocycles. The average Bonchev–Trinajstić information content (AvgIpc) is 2.30. The van der Waals surface area contributed by atoms with Crippen LogP contribution in [-0.2, 0) is 9.59 Å². The average molecular weight is 273 g/mol. The fourth-order valence-electron chi connectivity index (χ4n) is 1.41. The topological polar surface area (TPSA) is 84.2 Å². The Kier molecular flexibility index (Phi) is 9.18. The van der Waals surface area contributed by atoms with Gasteiger partial charge in [-0.15, -0.1) is 0 Å². The molecule has 0 aliphatic rings. The van der Waals surface area contributed by atoms with E-state index in [-0.39, 0.29) is 11.0 Å². The molecule has 18 heavy (non-hydrogen) atoms. The van der Waals surface area contributed by atoms with E-state index in [0.717, 1.165) is 19.1 Å². The second-order valence-corrected chi connectivity index (χ2v) is 5.12. The number of hydrogen-bond acceptors (Lipinski definition) is 3. The summed E-state index contributed by atoms with van der Waals surface area (Å²) in [5, 5.41) is 5.76. The SMILES string of the molecule is CC(C)CCC(=O)NC(C=O)CCCNC(N)=S. The monoisotopic (exact) mass is 273 g/mol. The lowest BCUT2D eigenvalue weighted by molar-refractivity contribution is -0.124. The summed E-state index contributed by atoms with van der Waals surface area (Å²) in [6.07, 6.45) is 3.39. The highest BCUT2D eigenvalue weighted by atomic mass is 32.1. The van der Waals surface area contributed by atoms with Crippen LogP contribution in [0.1, 0.15) is 39.5 Å². The van der Waals surface area contributed by atoms with E-state index in [4.69, 9.17) is 5.73 Å². The molecule has 0 aromatic rings. The number of carbonyl (C=O) groups is 2. The van der Waals surface area contributed by atoms with Crippen LogP contribution >= 0.6 is 12.2 Å². The van der Waals surface area contributed by atoms with Gasteiger partial charge in [-0.2, -0.15) is 0 Å². The molecule has 0 bridgehead atoms. The molecule has 4 N–H and O–H groups in total. The standard InChI is InChI=1S/C12H23N3O2S/c1-9(2)5-6-11(17)15-10(8-16)4-3-7-14-12(13)18/h8-10H,3-7H2,1-2H3,(H,15,17)(H3,13,14,18). The zero-order chi connectivity index (χ0) is 14.0. The Bertz CT molecular complexity index is 282. The van der Waals surface area contributed by atoms with Crippen molar-refractivity contribution in [3.05, 3.63) is 0 Å². The number of amides is 1. The van der Waals surface area contributed by atoms with Gasteiger partial charge in [0.15, 0.2) is 5.11 Å². The van der Waals surface area contributed by atoms with Crippen LogP contribution in [0.5, 0.6) is 0 Å². The molecule has 1 atom stereocenters. The zero-order valence-electron chi connectivity index (χ0n) is 11.1. The Morgan fingerprint density at radius 2 is 2.06 bits per heavy atom. The summed E-state index contributed by atoms with van der Waals surface area (Å²) in [6, 6.07) is -0.419. The normalized spacial score (nSPS) is 11.9. The fourth-order valence-corrected chi connectivity index (χ4v) is 1.51. The van der Waals surface area contributed by atoms with Gasteiger partial charge in [0, 0.05) is 13.0 Å². The summed E-state index contributed by atoms with van der Waals surface area (Å²) in [6.45, 7) is 4.74. The van der Waals surface area contributed by atoms with Gasteiger partial charge in [-0.3, -0.25) is 4.79 Å². The van der Waals surface area contributed by atoms with Crippen molar-refractivity contribution >= 4 is 29.5 Å². The largest absolute Gasteiger partial charge is 0.376 e. The van der Waals surface area contributed by atoms with Gasteiger partial charge in [-0.25, -0.2) is 0 Å². The van der Waals surface area contributed by atoms with E-state index in [2.05, 4.69) is 36.7 Å². The minimum atomic E-state index is -0.419. The van der Waals surface area contributed by atoms with Crippen LogP contribution in [0.25, 0.3) is 0 Å². The first kappa shape index (κ1) is 16.8. The first-order chi connectivity index (χ1) is 8.45. The van der Waals surface area contributed by atoms with Crippen LogP contribution in [0.4, 0.5) is 0 Å². The summed E-state index contributed by atoms with van der Waals surface area (Å²) in [5.41, 5.74) is 5.27. The summed E-state index contributed by atoms with van der Waals surface area (Å²) in [7, 11) is 0. The minimum absolute atomic E-state index is 0.0666. The molecule has 0 heterocycles. The summed E-state index contributed by atoms with van der Waals surface area (Å²) >= 11 is 4.66. The van der Waals surface area contributed by atoms with Gasteiger partial charge in [-0.05, 0) is 37.4 Å². The molecule has 0 aliphatic heterocycles. The third kappa shape index (κ3) is 10.0. The molecule has 104 valence electrons. The first-order valence-corrected chi connectivity index (χ1v) is 6.64. The van der Waals surface area contributed by atoms with Gasteiger partial charge in [0.25, 0.3) is 0 Å². The molecule has 0 radical (unpaired) electrons. The van der Waals surface area contributed by atoms with Crippen LogP contribution in [-0.4, -0.2) is 29.9 Å². The van der Waals surface area contributed by atoms with Crippen molar-refractivity contribution in [2.24, 2.45) is 11.7 Å². The van der Waals surface area contributed by atoms with Crippen molar-refractivity contribution in [3.8, 4) is 0 Å². The molecule has 1 unspecified atom stereocenters.